The first-order chi connectivity index (χ1) is 14.3. The highest BCUT2D eigenvalue weighted by Gasteiger charge is 2.54. The van der Waals surface area contributed by atoms with Crippen molar-refractivity contribution in [1.82, 2.24) is 26.0 Å². The number of carboxylic acid groups (broad SMARTS) is 1. The van der Waals surface area contributed by atoms with Crippen molar-refractivity contribution in [2.75, 3.05) is 18.1 Å². The van der Waals surface area contributed by atoms with Crippen molar-refractivity contribution in [3.63, 3.8) is 0 Å². The summed E-state index contributed by atoms with van der Waals surface area (Å²) in [5.74, 6) is -1.37. The smallest absolute Gasteiger partial charge is 0.352 e. The zero-order valence-electron chi connectivity index (χ0n) is 15.4. The number of thioether (sulfide) groups is 2. The van der Waals surface area contributed by atoms with Gasteiger partial charge in [0.2, 0.25) is 0 Å². The van der Waals surface area contributed by atoms with Crippen molar-refractivity contribution >= 4 is 58.9 Å². The van der Waals surface area contributed by atoms with E-state index in [1.165, 1.54) is 44.4 Å². The molecular weight excluding hydrogens is 456 g/mol. The standard InChI is InChI=1S/C15H16N6O6S3/c1-6-17-18-15(30-6)29-5-7-4-28-13-10(12(24)21(13)11(7)14(25)26)16-8(22)2-20-3-9(23)27-19-20/h3,9-10,13,19H,2,4-5H2,1H3,(H,16,22)(H,25,26)/t9?,10-,13-/m1/s1. The summed E-state index contributed by atoms with van der Waals surface area (Å²) in [4.78, 5) is 42.4. The zero-order valence-corrected chi connectivity index (χ0v) is 17.9. The van der Waals surface area contributed by atoms with Crippen molar-refractivity contribution < 1.29 is 34.1 Å². The minimum absolute atomic E-state index is 0.0416. The Labute approximate surface area is 182 Å². The number of nitrogens with zero attached hydrogens (tertiary/aromatic N) is 4. The van der Waals surface area contributed by atoms with Crippen molar-refractivity contribution in [1.29, 1.82) is 0 Å². The summed E-state index contributed by atoms with van der Waals surface area (Å²) in [5, 5.41) is 31.6. The number of aryl methyl sites for hydroxylation is 1. The summed E-state index contributed by atoms with van der Waals surface area (Å²) < 4.78 is 1.91. The molecule has 4 heterocycles. The molecule has 0 bridgehead atoms. The Bertz CT molecular complexity index is 964. The van der Waals surface area contributed by atoms with Crippen LogP contribution in [0.25, 0.3) is 0 Å². The lowest BCUT2D eigenvalue weighted by Crippen LogP contribution is -2.71. The van der Waals surface area contributed by atoms with Gasteiger partial charge in [-0.2, -0.15) is 0 Å². The number of hydrazine groups is 1. The van der Waals surface area contributed by atoms with Crippen LogP contribution in [-0.4, -0.2) is 84.6 Å². The van der Waals surface area contributed by atoms with Gasteiger partial charge in [0.15, 0.2) is 10.6 Å². The van der Waals surface area contributed by atoms with E-state index in [1.54, 1.807) is 0 Å². The highest BCUT2D eigenvalue weighted by molar-refractivity contribution is 8.01. The second-order valence-electron chi connectivity index (χ2n) is 6.44. The van der Waals surface area contributed by atoms with Crippen LogP contribution in [0.2, 0.25) is 0 Å². The molecule has 2 amide bonds. The average molecular weight is 473 g/mol. The Kier molecular flexibility index (Phi) is 5.97. The van der Waals surface area contributed by atoms with E-state index in [0.29, 0.717) is 17.1 Å². The number of fused-ring (bicyclic) bond motifs is 1. The SMILES string of the molecule is Cc1nnc(SCC2=C(C(=O)O)N3C(=O)[C@@H](NC(=O)C[N+]4=CC([O-])ON4)[C@H]3SC2)s1. The van der Waals surface area contributed by atoms with E-state index in [1.807, 2.05) is 6.92 Å². The number of hydrogen-bond donors (Lipinski definition) is 3. The van der Waals surface area contributed by atoms with Crippen LogP contribution in [-0.2, 0) is 19.2 Å². The first-order valence-electron chi connectivity index (χ1n) is 8.64. The lowest BCUT2D eigenvalue weighted by molar-refractivity contribution is -0.621. The lowest BCUT2D eigenvalue weighted by atomic mass is 10.0. The first-order valence-corrected chi connectivity index (χ1v) is 11.5. The van der Waals surface area contributed by atoms with Gasteiger partial charge in [0, 0.05) is 11.5 Å². The largest absolute Gasteiger partial charge is 0.821 e. The Hall–Kier alpha value is -2.20. The molecule has 160 valence electrons. The molecule has 1 aromatic heterocycles. The predicted molar refractivity (Wildman–Crippen MR) is 104 cm³/mol. The Morgan fingerprint density at radius 2 is 2.33 bits per heavy atom. The maximum absolute atomic E-state index is 12.6. The van der Waals surface area contributed by atoms with E-state index in [2.05, 4.69) is 25.9 Å². The number of hydrogen-bond acceptors (Lipinski definition) is 11. The van der Waals surface area contributed by atoms with Gasteiger partial charge in [-0.15, -0.1) is 22.0 Å². The number of aromatic nitrogens is 2. The summed E-state index contributed by atoms with van der Waals surface area (Å²) in [6, 6.07) is -0.830. The number of hydrazone groups is 1. The molecule has 1 fully saturated rings. The van der Waals surface area contributed by atoms with E-state index in [-0.39, 0.29) is 12.2 Å². The molecule has 15 heteroatoms. The fourth-order valence-electron chi connectivity index (χ4n) is 3.07. The van der Waals surface area contributed by atoms with Gasteiger partial charge in [-0.05, 0) is 12.5 Å². The minimum atomic E-state index is -1.41. The van der Waals surface area contributed by atoms with Crippen LogP contribution in [0.3, 0.4) is 0 Å². The molecule has 3 aliphatic rings. The van der Waals surface area contributed by atoms with E-state index >= 15 is 0 Å². The molecule has 0 spiro atoms. The third-order valence-corrected chi connectivity index (χ3v) is 7.74. The van der Waals surface area contributed by atoms with Crippen LogP contribution in [0.15, 0.2) is 15.6 Å². The second-order valence-corrected chi connectivity index (χ2v) is 9.95. The molecule has 0 radical (unpaired) electrons. The number of carbonyl (C=O) groups excluding carboxylic acids is 2. The second kappa shape index (κ2) is 8.50. The molecular formula is C15H16N6O6S3. The molecule has 3 aliphatic heterocycles. The summed E-state index contributed by atoms with van der Waals surface area (Å²) in [6.45, 7) is 1.62. The van der Waals surface area contributed by atoms with Crippen LogP contribution in [0.5, 0.6) is 0 Å². The zero-order chi connectivity index (χ0) is 21.4. The first kappa shape index (κ1) is 21.0. The number of nitrogens with one attached hydrogen (secondary N) is 2. The molecule has 12 nitrogen and oxygen atoms in total. The van der Waals surface area contributed by atoms with Gasteiger partial charge in [-0.25, -0.2) is 9.63 Å². The van der Waals surface area contributed by atoms with Gasteiger partial charge < -0.3 is 15.5 Å². The maximum atomic E-state index is 12.6. The van der Waals surface area contributed by atoms with Gasteiger partial charge in [-0.3, -0.25) is 14.5 Å². The van der Waals surface area contributed by atoms with E-state index < -0.39 is 35.5 Å². The van der Waals surface area contributed by atoms with E-state index in [4.69, 9.17) is 0 Å². The molecule has 0 aliphatic carbocycles. The van der Waals surface area contributed by atoms with Crippen molar-refractivity contribution in [3.8, 4) is 0 Å². The molecule has 1 saturated heterocycles. The van der Waals surface area contributed by atoms with E-state index in [0.717, 1.165) is 15.6 Å². The van der Waals surface area contributed by atoms with Gasteiger partial charge in [0.1, 0.15) is 22.1 Å². The lowest BCUT2D eigenvalue weighted by Gasteiger charge is -2.49. The van der Waals surface area contributed by atoms with Crippen molar-refractivity contribution in [2.24, 2.45) is 0 Å². The molecule has 4 rings (SSSR count). The van der Waals surface area contributed by atoms with Crippen LogP contribution in [0, 0.1) is 6.92 Å². The summed E-state index contributed by atoms with van der Waals surface area (Å²) in [5.41, 5.74) is 2.86. The van der Waals surface area contributed by atoms with Crippen LogP contribution < -0.4 is 16.0 Å². The summed E-state index contributed by atoms with van der Waals surface area (Å²) in [6.07, 6.45) is -0.255. The van der Waals surface area contributed by atoms with Gasteiger partial charge >= 0.3 is 5.97 Å². The molecule has 0 saturated carbocycles. The van der Waals surface area contributed by atoms with Gasteiger partial charge in [0.05, 0.1) is 6.29 Å². The van der Waals surface area contributed by atoms with Gasteiger partial charge in [-0.1, -0.05) is 33.4 Å². The quantitative estimate of drug-likeness (QED) is 0.226. The normalized spacial score (nSPS) is 25.4. The maximum Gasteiger partial charge on any atom is 0.352 e. The number of aliphatic carboxylic acids is 1. The Morgan fingerprint density at radius 3 is 2.97 bits per heavy atom. The number of amides is 2. The fourth-order valence-corrected chi connectivity index (χ4v) is 6.37. The predicted octanol–water partition coefficient (Wildman–Crippen LogP) is -2.10. The number of β-lactam (4-membered cyclic amide) rings is 1. The van der Waals surface area contributed by atoms with E-state index in [9.17, 15) is 24.6 Å². The Morgan fingerprint density at radius 1 is 1.53 bits per heavy atom. The van der Waals surface area contributed by atoms with Crippen LogP contribution in [0.4, 0.5) is 0 Å². The summed E-state index contributed by atoms with van der Waals surface area (Å²) >= 11 is 4.19. The molecule has 0 aromatic carbocycles. The minimum Gasteiger partial charge on any atom is -0.821 e. The molecule has 3 N–H and O–H groups in total. The molecule has 30 heavy (non-hydrogen) atoms. The molecule has 1 unspecified atom stereocenters. The Balaban J connectivity index is 1.41. The average Bonchev–Trinajstić information content (AvgIpc) is 3.31. The number of carbonyl (C=O) groups is 3. The highest BCUT2D eigenvalue weighted by atomic mass is 32.2. The third kappa shape index (κ3) is 4.15. The highest BCUT2D eigenvalue weighted by Crippen LogP contribution is 2.41. The molecule has 1 aromatic rings. The number of carboxylic acids is 1. The summed E-state index contributed by atoms with van der Waals surface area (Å²) in [7, 11) is 0. The number of rotatable bonds is 7. The van der Waals surface area contributed by atoms with Crippen LogP contribution >= 0.6 is 34.9 Å². The topological polar surface area (TPSA) is 160 Å². The third-order valence-electron chi connectivity index (χ3n) is 4.35. The van der Waals surface area contributed by atoms with Crippen molar-refractivity contribution in [2.45, 2.75) is 29.0 Å². The fraction of sp³-hybridized carbons (Fsp3) is 0.467. The van der Waals surface area contributed by atoms with Crippen LogP contribution in [0.1, 0.15) is 5.01 Å². The van der Waals surface area contributed by atoms with Crippen molar-refractivity contribution in [3.05, 3.63) is 16.3 Å². The van der Waals surface area contributed by atoms with Gasteiger partial charge in [0.25, 0.3) is 18.4 Å². The monoisotopic (exact) mass is 472 g/mol. The molecule has 3 atom stereocenters.